The van der Waals surface area contributed by atoms with Crippen molar-refractivity contribution in [2.45, 2.75) is 19.9 Å². The zero-order valence-electron chi connectivity index (χ0n) is 10.4. The van der Waals surface area contributed by atoms with Crippen LogP contribution < -0.4 is 5.32 Å². The largest absolute Gasteiger partial charge is 0.508 e. The summed E-state index contributed by atoms with van der Waals surface area (Å²) in [5.74, 6) is 0.113. The Hall–Kier alpha value is -2.23. The molecule has 1 aromatic carbocycles. The van der Waals surface area contributed by atoms with Gasteiger partial charge in [0, 0.05) is 24.5 Å². The van der Waals surface area contributed by atoms with Gasteiger partial charge in [0.2, 0.25) is 0 Å². The highest BCUT2D eigenvalue weighted by Gasteiger charge is 2.08. The highest BCUT2D eigenvalue weighted by atomic mass is 16.3. The zero-order chi connectivity index (χ0) is 13.1. The number of nitrogens with zero attached hydrogens (tertiary/aromatic N) is 1. The summed E-state index contributed by atoms with van der Waals surface area (Å²) in [6.45, 7) is 3.93. The molecule has 4 nitrogen and oxygen atoms in total. The van der Waals surface area contributed by atoms with Crippen LogP contribution in [0, 0.1) is 6.92 Å². The van der Waals surface area contributed by atoms with E-state index < -0.39 is 0 Å². The number of phenols is 2. The van der Waals surface area contributed by atoms with Crippen LogP contribution in [0.1, 0.15) is 24.1 Å². The molecule has 2 aromatic rings. The Balaban J connectivity index is 2.19. The second-order valence-electron chi connectivity index (χ2n) is 4.40. The second kappa shape index (κ2) is 4.96. The maximum Gasteiger partial charge on any atom is 0.119 e. The molecule has 0 saturated carbocycles. The number of aromatic hydroxyl groups is 2. The molecule has 3 N–H and O–H groups in total. The van der Waals surface area contributed by atoms with Gasteiger partial charge in [0.05, 0.1) is 5.69 Å². The van der Waals surface area contributed by atoms with Crippen molar-refractivity contribution in [3.63, 3.8) is 0 Å². The van der Waals surface area contributed by atoms with Gasteiger partial charge >= 0.3 is 0 Å². The van der Waals surface area contributed by atoms with Crippen LogP contribution in [0.3, 0.4) is 0 Å². The number of hydrogen-bond donors (Lipinski definition) is 3. The highest BCUT2D eigenvalue weighted by Crippen LogP contribution is 2.26. The van der Waals surface area contributed by atoms with E-state index in [-0.39, 0.29) is 17.5 Å². The number of aryl methyl sites for hydroxylation is 1. The summed E-state index contributed by atoms with van der Waals surface area (Å²) >= 11 is 0. The van der Waals surface area contributed by atoms with E-state index in [0.29, 0.717) is 0 Å². The monoisotopic (exact) mass is 244 g/mol. The lowest BCUT2D eigenvalue weighted by molar-refractivity contribution is 0.448. The third kappa shape index (κ3) is 2.91. The molecule has 0 radical (unpaired) electrons. The van der Waals surface area contributed by atoms with E-state index in [9.17, 15) is 10.2 Å². The molecule has 0 fully saturated rings. The summed E-state index contributed by atoms with van der Waals surface area (Å²) in [6.07, 6.45) is 3.53. The van der Waals surface area contributed by atoms with Crippen molar-refractivity contribution in [3.05, 3.63) is 47.8 Å². The Morgan fingerprint density at radius 1 is 1.06 bits per heavy atom. The number of aromatic nitrogens is 1. The van der Waals surface area contributed by atoms with Crippen molar-refractivity contribution in [1.29, 1.82) is 0 Å². The zero-order valence-corrected chi connectivity index (χ0v) is 10.4. The summed E-state index contributed by atoms with van der Waals surface area (Å²) in [4.78, 5) is 4.10. The molecule has 1 unspecified atom stereocenters. The minimum atomic E-state index is -0.0356. The topological polar surface area (TPSA) is 65.4 Å². The minimum Gasteiger partial charge on any atom is -0.508 e. The Bertz CT molecular complexity index is 535. The SMILES string of the molecule is Cc1cncc(NC(C)c2cc(O)cc(O)c2)c1. The molecule has 0 spiro atoms. The van der Waals surface area contributed by atoms with Gasteiger partial charge in [-0.15, -0.1) is 0 Å². The van der Waals surface area contributed by atoms with Crippen LogP contribution in [0.15, 0.2) is 36.7 Å². The standard InChI is InChI=1S/C14H16N2O2/c1-9-3-12(8-15-7-9)16-10(2)11-4-13(17)6-14(18)5-11/h3-8,10,16-18H,1-2H3. The molecule has 1 heterocycles. The Labute approximate surface area is 106 Å². The number of anilines is 1. The molecule has 0 aliphatic rings. The third-order valence-electron chi connectivity index (χ3n) is 2.68. The maximum absolute atomic E-state index is 9.45. The molecular weight excluding hydrogens is 228 g/mol. The van der Waals surface area contributed by atoms with Gasteiger partial charge in [-0.25, -0.2) is 0 Å². The fourth-order valence-corrected chi connectivity index (χ4v) is 1.84. The van der Waals surface area contributed by atoms with Crippen molar-refractivity contribution in [2.24, 2.45) is 0 Å². The first-order valence-corrected chi connectivity index (χ1v) is 5.76. The molecule has 0 aliphatic carbocycles. The Kier molecular flexibility index (Phi) is 3.37. The van der Waals surface area contributed by atoms with Gasteiger partial charge in [0.15, 0.2) is 0 Å². The van der Waals surface area contributed by atoms with Crippen molar-refractivity contribution in [3.8, 4) is 11.5 Å². The lowest BCUT2D eigenvalue weighted by Gasteiger charge is -2.16. The van der Waals surface area contributed by atoms with Gasteiger partial charge in [-0.3, -0.25) is 4.98 Å². The summed E-state index contributed by atoms with van der Waals surface area (Å²) in [7, 11) is 0. The molecule has 0 amide bonds. The van der Waals surface area contributed by atoms with Gasteiger partial charge in [-0.2, -0.15) is 0 Å². The average Bonchev–Trinajstić information content (AvgIpc) is 2.27. The van der Waals surface area contributed by atoms with Gasteiger partial charge < -0.3 is 15.5 Å². The summed E-state index contributed by atoms with van der Waals surface area (Å²) in [5, 5.41) is 22.2. The molecule has 1 aromatic heterocycles. The fourth-order valence-electron chi connectivity index (χ4n) is 1.84. The van der Waals surface area contributed by atoms with Crippen molar-refractivity contribution >= 4 is 5.69 Å². The smallest absolute Gasteiger partial charge is 0.119 e. The molecule has 2 rings (SSSR count). The quantitative estimate of drug-likeness (QED) is 0.776. The van der Waals surface area contributed by atoms with Crippen LogP contribution in [0.25, 0.3) is 0 Å². The normalized spacial score (nSPS) is 12.1. The average molecular weight is 244 g/mol. The molecule has 4 heteroatoms. The summed E-state index contributed by atoms with van der Waals surface area (Å²) in [6, 6.07) is 6.52. The minimum absolute atomic E-state index is 0.0356. The van der Waals surface area contributed by atoms with Crippen LogP contribution in [-0.2, 0) is 0 Å². The van der Waals surface area contributed by atoms with Crippen LogP contribution in [-0.4, -0.2) is 15.2 Å². The molecule has 0 aliphatic heterocycles. The third-order valence-corrected chi connectivity index (χ3v) is 2.68. The number of benzene rings is 1. The van der Waals surface area contributed by atoms with Crippen molar-refractivity contribution in [1.82, 2.24) is 4.98 Å². The fraction of sp³-hybridized carbons (Fsp3) is 0.214. The van der Waals surface area contributed by atoms with E-state index >= 15 is 0 Å². The molecule has 0 saturated heterocycles. The van der Waals surface area contributed by atoms with Crippen molar-refractivity contribution < 1.29 is 10.2 Å². The first-order valence-electron chi connectivity index (χ1n) is 5.76. The molecular formula is C14H16N2O2. The van der Waals surface area contributed by atoms with Gasteiger partial charge in [-0.1, -0.05) is 0 Å². The number of nitrogens with one attached hydrogen (secondary N) is 1. The van der Waals surface area contributed by atoms with Crippen LogP contribution in [0.5, 0.6) is 11.5 Å². The van der Waals surface area contributed by atoms with E-state index in [0.717, 1.165) is 16.8 Å². The summed E-state index contributed by atoms with van der Waals surface area (Å²) in [5.41, 5.74) is 2.80. The van der Waals surface area contributed by atoms with Gasteiger partial charge in [0.25, 0.3) is 0 Å². The predicted octanol–water partition coefficient (Wildman–Crippen LogP) is 2.97. The van der Waals surface area contributed by atoms with Gasteiger partial charge in [-0.05, 0) is 43.2 Å². The van der Waals surface area contributed by atoms with E-state index in [1.54, 1.807) is 24.5 Å². The Morgan fingerprint density at radius 2 is 1.72 bits per heavy atom. The number of pyridine rings is 1. The van der Waals surface area contributed by atoms with Crippen molar-refractivity contribution in [2.75, 3.05) is 5.32 Å². The second-order valence-corrected chi connectivity index (χ2v) is 4.40. The first kappa shape index (κ1) is 12.2. The lowest BCUT2D eigenvalue weighted by atomic mass is 10.1. The number of rotatable bonds is 3. The number of hydrogen-bond acceptors (Lipinski definition) is 4. The maximum atomic E-state index is 9.45. The van der Waals surface area contributed by atoms with Crippen LogP contribution >= 0.6 is 0 Å². The molecule has 1 atom stereocenters. The molecule has 0 bridgehead atoms. The number of phenolic OH excluding ortho intramolecular Hbond substituents is 2. The van der Waals surface area contributed by atoms with Gasteiger partial charge in [0.1, 0.15) is 11.5 Å². The molecule has 94 valence electrons. The van der Waals surface area contributed by atoms with E-state index in [2.05, 4.69) is 10.3 Å². The lowest BCUT2D eigenvalue weighted by Crippen LogP contribution is -2.06. The molecule has 18 heavy (non-hydrogen) atoms. The van der Waals surface area contributed by atoms with E-state index in [1.807, 2.05) is 19.9 Å². The van der Waals surface area contributed by atoms with Crippen LogP contribution in [0.2, 0.25) is 0 Å². The first-order chi connectivity index (χ1) is 8.54. The van der Waals surface area contributed by atoms with Crippen LogP contribution in [0.4, 0.5) is 5.69 Å². The predicted molar refractivity (Wildman–Crippen MR) is 70.8 cm³/mol. The Morgan fingerprint density at radius 3 is 2.33 bits per heavy atom. The van der Waals surface area contributed by atoms with E-state index in [4.69, 9.17) is 0 Å². The van der Waals surface area contributed by atoms with E-state index in [1.165, 1.54) is 6.07 Å². The summed E-state index contributed by atoms with van der Waals surface area (Å²) < 4.78 is 0. The highest BCUT2D eigenvalue weighted by molar-refractivity contribution is 5.46.